The Labute approximate surface area is 184 Å². The van der Waals surface area contributed by atoms with E-state index >= 15 is 0 Å². The third-order valence-corrected chi connectivity index (χ3v) is 5.23. The highest BCUT2D eigenvalue weighted by Gasteiger charge is 2.19. The number of thioether (sulfide) groups is 1. The second-order valence-electron chi connectivity index (χ2n) is 7.30. The number of hydrogen-bond donors (Lipinski definition) is 2. The van der Waals surface area contributed by atoms with E-state index in [0.29, 0.717) is 29.6 Å². The van der Waals surface area contributed by atoms with Gasteiger partial charge in [-0.05, 0) is 23.6 Å². The van der Waals surface area contributed by atoms with E-state index in [9.17, 15) is 14.0 Å². The molecule has 3 rings (SSSR count). The van der Waals surface area contributed by atoms with Crippen molar-refractivity contribution in [2.24, 2.45) is 5.92 Å². The number of nitrogens with one attached hydrogen (secondary N) is 2. The highest BCUT2D eigenvalue weighted by atomic mass is 32.2. The third-order valence-electron chi connectivity index (χ3n) is 4.26. The first-order valence-corrected chi connectivity index (χ1v) is 10.8. The van der Waals surface area contributed by atoms with Gasteiger partial charge in [0, 0.05) is 13.1 Å². The van der Waals surface area contributed by atoms with Crippen molar-refractivity contribution in [3.8, 4) is 11.4 Å². The quantitative estimate of drug-likeness (QED) is 0.518. The lowest BCUT2D eigenvalue weighted by atomic mass is 10.2. The standard InChI is InChI=1S/C22H24FN5O2S/c1-15(2)13-28-20(17-10-6-7-11-18(17)23)26-27-22(28)31-14-19(29)25-21(30)24-12-16-8-4-3-5-9-16/h3-11,15H,12-14H2,1-2H3,(H2,24,25,29,30). The smallest absolute Gasteiger partial charge is 0.321 e. The van der Waals surface area contributed by atoms with Crippen LogP contribution in [-0.4, -0.2) is 32.5 Å². The van der Waals surface area contributed by atoms with Crippen molar-refractivity contribution in [2.75, 3.05) is 5.75 Å². The van der Waals surface area contributed by atoms with Crippen molar-refractivity contribution in [2.45, 2.75) is 32.1 Å². The molecule has 7 nitrogen and oxygen atoms in total. The maximum Gasteiger partial charge on any atom is 0.321 e. The van der Waals surface area contributed by atoms with E-state index in [1.807, 2.05) is 44.2 Å². The van der Waals surface area contributed by atoms with Gasteiger partial charge in [-0.15, -0.1) is 10.2 Å². The molecule has 162 valence electrons. The van der Waals surface area contributed by atoms with E-state index in [4.69, 9.17) is 0 Å². The molecule has 1 heterocycles. The van der Waals surface area contributed by atoms with Crippen LogP contribution in [0.2, 0.25) is 0 Å². The number of carbonyl (C=O) groups is 2. The minimum Gasteiger partial charge on any atom is -0.334 e. The summed E-state index contributed by atoms with van der Waals surface area (Å²) in [7, 11) is 0. The fraction of sp³-hybridized carbons (Fsp3) is 0.273. The van der Waals surface area contributed by atoms with Crippen LogP contribution in [0, 0.1) is 11.7 Å². The van der Waals surface area contributed by atoms with Crippen molar-refractivity contribution in [3.05, 3.63) is 66.0 Å². The molecule has 31 heavy (non-hydrogen) atoms. The number of amides is 3. The van der Waals surface area contributed by atoms with Gasteiger partial charge < -0.3 is 9.88 Å². The van der Waals surface area contributed by atoms with Crippen LogP contribution in [0.1, 0.15) is 19.4 Å². The summed E-state index contributed by atoms with van der Waals surface area (Å²) in [5, 5.41) is 13.7. The Morgan fingerprint density at radius 1 is 1.06 bits per heavy atom. The van der Waals surface area contributed by atoms with Crippen LogP contribution in [0.15, 0.2) is 59.8 Å². The molecule has 0 atom stereocenters. The molecular weight excluding hydrogens is 417 g/mol. The highest BCUT2D eigenvalue weighted by molar-refractivity contribution is 7.99. The molecule has 9 heteroatoms. The summed E-state index contributed by atoms with van der Waals surface area (Å²) in [6.45, 7) is 4.95. The summed E-state index contributed by atoms with van der Waals surface area (Å²) in [4.78, 5) is 24.1. The SMILES string of the molecule is CC(C)Cn1c(SCC(=O)NC(=O)NCc2ccccc2)nnc1-c1ccccc1F. The Bertz CT molecular complexity index is 1040. The van der Waals surface area contributed by atoms with Crippen LogP contribution in [0.4, 0.5) is 9.18 Å². The molecule has 0 aliphatic carbocycles. The summed E-state index contributed by atoms with van der Waals surface area (Å²) in [6.07, 6.45) is 0. The van der Waals surface area contributed by atoms with Gasteiger partial charge in [0.25, 0.3) is 0 Å². The number of urea groups is 1. The lowest BCUT2D eigenvalue weighted by Crippen LogP contribution is -2.40. The molecule has 0 aliphatic heterocycles. The van der Waals surface area contributed by atoms with E-state index in [-0.39, 0.29) is 17.5 Å². The highest BCUT2D eigenvalue weighted by Crippen LogP contribution is 2.26. The van der Waals surface area contributed by atoms with Gasteiger partial charge in [0.2, 0.25) is 5.91 Å². The molecule has 0 aliphatic rings. The van der Waals surface area contributed by atoms with Crippen LogP contribution in [0.3, 0.4) is 0 Å². The fourth-order valence-electron chi connectivity index (χ4n) is 2.88. The number of benzene rings is 2. The second kappa shape index (κ2) is 10.7. The Hall–Kier alpha value is -3.20. The summed E-state index contributed by atoms with van der Waals surface area (Å²) in [5.74, 6) is -0.188. The number of hydrogen-bond acceptors (Lipinski definition) is 5. The van der Waals surface area contributed by atoms with Gasteiger partial charge in [-0.1, -0.05) is 68.1 Å². The predicted molar refractivity (Wildman–Crippen MR) is 118 cm³/mol. The van der Waals surface area contributed by atoms with E-state index < -0.39 is 11.9 Å². The second-order valence-corrected chi connectivity index (χ2v) is 8.24. The van der Waals surface area contributed by atoms with E-state index in [1.54, 1.807) is 22.8 Å². The van der Waals surface area contributed by atoms with Gasteiger partial charge in [0.15, 0.2) is 11.0 Å². The van der Waals surface area contributed by atoms with Crippen LogP contribution >= 0.6 is 11.8 Å². The first-order valence-electron chi connectivity index (χ1n) is 9.86. The van der Waals surface area contributed by atoms with Crippen molar-refractivity contribution in [1.29, 1.82) is 0 Å². The molecule has 0 saturated carbocycles. The molecule has 2 N–H and O–H groups in total. The van der Waals surface area contributed by atoms with Crippen molar-refractivity contribution < 1.29 is 14.0 Å². The zero-order valence-corrected chi connectivity index (χ0v) is 18.2. The maximum atomic E-state index is 14.3. The van der Waals surface area contributed by atoms with Crippen LogP contribution in [0.5, 0.6) is 0 Å². The summed E-state index contributed by atoms with van der Waals surface area (Å²) >= 11 is 1.15. The Kier molecular flexibility index (Phi) is 7.77. The zero-order chi connectivity index (χ0) is 22.2. The minimum atomic E-state index is -0.565. The molecular formula is C22H24FN5O2S. The first kappa shape index (κ1) is 22.5. The first-order chi connectivity index (χ1) is 14.9. The summed E-state index contributed by atoms with van der Waals surface area (Å²) < 4.78 is 16.1. The monoisotopic (exact) mass is 441 g/mol. The van der Waals surface area contributed by atoms with Gasteiger partial charge in [-0.25, -0.2) is 9.18 Å². The predicted octanol–water partition coefficient (Wildman–Crippen LogP) is 3.86. The molecule has 2 aromatic carbocycles. The lowest BCUT2D eigenvalue weighted by molar-refractivity contribution is -0.117. The molecule has 1 aromatic heterocycles. The van der Waals surface area contributed by atoms with E-state index in [0.717, 1.165) is 17.3 Å². The molecule has 0 radical (unpaired) electrons. The molecule has 3 amide bonds. The van der Waals surface area contributed by atoms with Gasteiger partial charge >= 0.3 is 6.03 Å². The maximum absolute atomic E-state index is 14.3. The van der Waals surface area contributed by atoms with Gasteiger partial charge in [-0.2, -0.15) is 0 Å². The molecule has 3 aromatic rings. The zero-order valence-electron chi connectivity index (χ0n) is 17.3. The molecule has 0 fully saturated rings. The normalized spacial score (nSPS) is 10.8. The van der Waals surface area contributed by atoms with Crippen molar-refractivity contribution in [3.63, 3.8) is 0 Å². The van der Waals surface area contributed by atoms with E-state index in [2.05, 4.69) is 20.8 Å². The molecule has 0 spiro atoms. The number of rotatable bonds is 8. The number of nitrogens with zero attached hydrogens (tertiary/aromatic N) is 3. The fourth-order valence-corrected chi connectivity index (χ4v) is 3.63. The van der Waals surface area contributed by atoms with Crippen LogP contribution < -0.4 is 10.6 Å². The van der Waals surface area contributed by atoms with Crippen LogP contribution in [0.25, 0.3) is 11.4 Å². The number of carbonyl (C=O) groups excluding carboxylic acids is 2. The summed E-state index contributed by atoms with van der Waals surface area (Å²) in [5.41, 5.74) is 1.29. The van der Waals surface area contributed by atoms with Crippen LogP contribution in [-0.2, 0) is 17.9 Å². The number of imide groups is 1. The van der Waals surface area contributed by atoms with E-state index in [1.165, 1.54) is 6.07 Å². The molecule has 0 saturated heterocycles. The topological polar surface area (TPSA) is 88.9 Å². The Morgan fingerprint density at radius 3 is 2.48 bits per heavy atom. The van der Waals surface area contributed by atoms with Crippen molar-refractivity contribution in [1.82, 2.24) is 25.4 Å². The van der Waals surface area contributed by atoms with Crippen molar-refractivity contribution >= 4 is 23.7 Å². The third kappa shape index (κ3) is 6.39. The molecule has 0 bridgehead atoms. The van der Waals surface area contributed by atoms with Gasteiger partial charge in [-0.3, -0.25) is 10.1 Å². The largest absolute Gasteiger partial charge is 0.334 e. The minimum absolute atomic E-state index is 0.0216. The van der Waals surface area contributed by atoms with Gasteiger partial charge in [0.1, 0.15) is 5.82 Å². The Morgan fingerprint density at radius 2 is 1.77 bits per heavy atom. The molecule has 0 unspecified atom stereocenters. The number of halogens is 1. The Balaban J connectivity index is 1.61. The average molecular weight is 442 g/mol. The lowest BCUT2D eigenvalue weighted by Gasteiger charge is -2.13. The summed E-state index contributed by atoms with van der Waals surface area (Å²) in [6, 6.07) is 15.2. The van der Waals surface area contributed by atoms with Gasteiger partial charge in [0.05, 0.1) is 11.3 Å². The number of aromatic nitrogens is 3. The average Bonchev–Trinajstić information content (AvgIpc) is 3.13.